The van der Waals surface area contributed by atoms with Gasteiger partial charge < -0.3 is 21.9 Å². The van der Waals surface area contributed by atoms with Gasteiger partial charge >= 0.3 is 11.9 Å². The van der Waals surface area contributed by atoms with E-state index in [1.165, 1.54) is 6.42 Å². The molecule has 0 bridgehead atoms. The van der Waals surface area contributed by atoms with Crippen molar-refractivity contribution < 1.29 is 14.3 Å². The number of hydrogen-bond donors (Lipinski definition) is 3. The summed E-state index contributed by atoms with van der Waals surface area (Å²) in [6, 6.07) is -0.936. The highest BCUT2D eigenvalue weighted by molar-refractivity contribution is 5.88. The molecule has 0 aromatic carbocycles. The summed E-state index contributed by atoms with van der Waals surface area (Å²) in [7, 11) is 0. The van der Waals surface area contributed by atoms with Gasteiger partial charge in [-0.1, -0.05) is 19.3 Å². The first kappa shape index (κ1) is 15.1. The fraction of sp³-hybridized carbons (Fsp3) is 0.833. The predicted octanol–water partition coefficient (Wildman–Crippen LogP) is -0.358. The highest BCUT2D eigenvalue weighted by atomic mass is 16.6. The van der Waals surface area contributed by atoms with Gasteiger partial charge in [0.25, 0.3) is 0 Å². The number of esters is 2. The van der Waals surface area contributed by atoms with E-state index < -0.39 is 18.0 Å². The molecule has 1 aliphatic rings. The van der Waals surface area contributed by atoms with Crippen LogP contribution in [0.15, 0.2) is 0 Å². The van der Waals surface area contributed by atoms with Gasteiger partial charge in [0.1, 0.15) is 6.04 Å². The molecule has 6 nitrogen and oxygen atoms in total. The van der Waals surface area contributed by atoms with Gasteiger partial charge in [0.15, 0.2) is 0 Å². The van der Waals surface area contributed by atoms with Crippen molar-refractivity contribution in [2.75, 3.05) is 13.1 Å². The number of carbonyl (C=O) groups is 2. The fourth-order valence-corrected chi connectivity index (χ4v) is 2.38. The Kier molecular flexibility index (Phi) is 5.71. The molecular formula is C12H23N3O3. The van der Waals surface area contributed by atoms with Crippen molar-refractivity contribution in [3.8, 4) is 0 Å². The number of carbonyl (C=O) groups excluding carboxylic acids is 2. The van der Waals surface area contributed by atoms with Crippen LogP contribution in [0, 0.1) is 5.41 Å². The second-order valence-electron chi connectivity index (χ2n) is 5.08. The van der Waals surface area contributed by atoms with Gasteiger partial charge in [0.2, 0.25) is 0 Å². The SMILES string of the molecule is NCC(N)C(=O)OC(=O)CC1(CN)CCCCC1. The minimum absolute atomic E-state index is 0.0336. The Morgan fingerprint density at radius 3 is 2.28 bits per heavy atom. The van der Waals surface area contributed by atoms with Crippen molar-refractivity contribution in [1.82, 2.24) is 0 Å². The van der Waals surface area contributed by atoms with Gasteiger partial charge in [-0.2, -0.15) is 0 Å². The van der Waals surface area contributed by atoms with E-state index in [-0.39, 0.29) is 18.4 Å². The minimum Gasteiger partial charge on any atom is -0.392 e. The van der Waals surface area contributed by atoms with Gasteiger partial charge in [-0.15, -0.1) is 0 Å². The summed E-state index contributed by atoms with van der Waals surface area (Å²) in [4.78, 5) is 23.1. The minimum atomic E-state index is -0.936. The molecule has 0 amide bonds. The third-order valence-corrected chi connectivity index (χ3v) is 3.64. The van der Waals surface area contributed by atoms with Gasteiger partial charge in [-0.3, -0.25) is 4.79 Å². The van der Waals surface area contributed by atoms with Crippen LogP contribution in [-0.2, 0) is 14.3 Å². The molecule has 1 atom stereocenters. The Balaban J connectivity index is 2.49. The lowest BCUT2D eigenvalue weighted by molar-refractivity contribution is -0.162. The molecule has 0 heterocycles. The fourth-order valence-electron chi connectivity index (χ4n) is 2.38. The van der Waals surface area contributed by atoms with Gasteiger partial charge in [-0.05, 0) is 24.8 Å². The van der Waals surface area contributed by atoms with Gasteiger partial charge in [-0.25, -0.2) is 4.79 Å². The molecule has 0 aromatic rings. The number of nitrogens with two attached hydrogens (primary N) is 3. The Morgan fingerprint density at radius 1 is 1.17 bits per heavy atom. The highest BCUT2D eigenvalue weighted by Gasteiger charge is 2.34. The van der Waals surface area contributed by atoms with E-state index in [2.05, 4.69) is 0 Å². The molecule has 18 heavy (non-hydrogen) atoms. The first-order valence-corrected chi connectivity index (χ1v) is 6.43. The Morgan fingerprint density at radius 2 is 1.78 bits per heavy atom. The molecule has 1 saturated carbocycles. The average molecular weight is 257 g/mol. The number of ether oxygens (including phenoxy) is 1. The zero-order valence-electron chi connectivity index (χ0n) is 10.7. The van der Waals surface area contributed by atoms with E-state index in [1.807, 2.05) is 0 Å². The van der Waals surface area contributed by atoms with Crippen LogP contribution in [0.4, 0.5) is 0 Å². The maximum Gasteiger partial charge on any atom is 0.331 e. The van der Waals surface area contributed by atoms with Crippen LogP contribution in [0.25, 0.3) is 0 Å². The monoisotopic (exact) mass is 257 g/mol. The second kappa shape index (κ2) is 6.82. The van der Waals surface area contributed by atoms with Crippen LogP contribution >= 0.6 is 0 Å². The molecule has 6 heteroatoms. The third-order valence-electron chi connectivity index (χ3n) is 3.64. The Bertz CT molecular complexity index is 301. The molecule has 0 aliphatic heterocycles. The van der Waals surface area contributed by atoms with Crippen LogP contribution in [0.5, 0.6) is 0 Å². The van der Waals surface area contributed by atoms with Crippen molar-refractivity contribution >= 4 is 11.9 Å². The van der Waals surface area contributed by atoms with E-state index in [9.17, 15) is 9.59 Å². The van der Waals surface area contributed by atoms with E-state index in [1.54, 1.807) is 0 Å². The molecule has 104 valence electrons. The maximum absolute atomic E-state index is 11.7. The lowest BCUT2D eigenvalue weighted by Crippen LogP contribution is -2.41. The van der Waals surface area contributed by atoms with Crippen LogP contribution < -0.4 is 17.2 Å². The predicted molar refractivity (Wildman–Crippen MR) is 67.3 cm³/mol. The molecule has 0 saturated heterocycles. The highest BCUT2D eigenvalue weighted by Crippen LogP contribution is 2.38. The van der Waals surface area contributed by atoms with Gasteiger partial charge in [0, 0.05) is 6.54 Å². The largest absolute Gasteiger partial charge is 0.392 e. The smallest absolute Gasteiger partial charge is 0.331 e. The van der Waals surface area contributed by atoms with Crippen LogP contribution in [0.3, 0.4) is 0 Å². The summed E-state index contributed by atoms with van der Waals surface area (Å²) in [5.74, 6) is -1.30. The molecule has 1 aliphatic carbocycles. The van der Waals surface area contributed by atoms with E-state index in [0.29, 0.717) is 6.54 Å². The molecule has 6 N–H and O–H groups in total. The summed E-state index contributed by atoms with van der Waals surface area (Å²) in [5, 5.41) is 0. The maximum atomic E-state index is 11.7. The standard InChI is InChI=1S/C12H23N3O3/c13-7-9(15)11(17)18-10(16)6-12(8-14)4-2-1-3-5-12/h9H,1-8,13-15H2. The second-order valence-corrected chi connectivity index (χ2v) is 5.08. The normalized spacial score (nSPS) is 20.2. The average Bonchev–Trinajstić information content (AvgIpc) is 2.38. The van der Waals surface area contributed by atoms with Crippen molar-refractivity contribution in [1.29, 1.82) is 0 Å². The lowest BCUT2D eigenvalue weighted by Gasteiger charge is -2.35. The topological polar surface area (TPSA) is 121 Å². The Hall–Kier alpha value is -0.980. The summed E-state index contributed by atoms with van der Waals surface area (Å²) < 4.78 is 4.69. The third kappa shape index (κ3) is 4.04. The summed E-state index contributed by atoms with van der Waals surface area (Å²) in [6.45, 7) is 0.410. The Labute approximate surface area is 107 Å². The molecule has 1 unspecified atom stereocenters. The first-order chi connectivity index (χ1) is 8.53. The lowest BCUT2D eigenvalue weighted by atomic mass is 9.72. The van der Waals surface area contributed by atoms with Crippen LogP contribution in [0.2, 0.25) is 0 Å². The zero-order chi connectivity index (χ0) is 13.6. The molecule has 1 fully saturated rings. The van der Waals surface area contributed by atoms with Crippen LogP contribution in [-0.4, -0.2) is 31.1 Å². The quantitative estimate of drug-likeness (QED) is 0.457. The molecule has 0 radical (unpaired) electrons. The summed E-state index contributed by atoms with van der Waals surface area (Å²) >= 11 is 0. The molecule has 1 rings (SSSR count). The molecule has 0 spiro atoms. The first-order valence-electron chi connectivity index (χ1n) is 6.43. The molecule has 0 aromatic heterocycles. The van der Waals surface area contributed by atoms with Crippen molar-refractivity contribution in [3.05, 3.63) is 0 Å². The van der Waals surface area contributed by atoms with Gasteiger partial charge in [0.05, 0.1) is 6.42 Å². The van der Waals surface area contributed by atoms with Crippen molar-refractivity contribution in [2.24, 2.45) is 22.6 Å². The molecular weight excluding hydrogens is 234 g/mol. The number of rotatable bonds is 5. The zero-order valence-corrected chi connectivity index (χ0v) is 10.7. The van der Waals surface area contributed by atoms with E-state index in [4.69, 9.17) is 21.9 Å². The number of hydrogen-bond acceptors (Lipinski definition) is 6. The van der Waals surface area contributed by atoms with E-state index >= 15 is 0 Å². The summed E-state index contributed by atoms with van der Waals surface area (Å²) in [5.41, 5.74) is 16.2. The van der Waals surface area contributed by atoms with Crippen molar-refractivity contribution in [3.63, 3.8) is 0 Å². The van der Waals surface area contributed by atoms with Crippen LogP contribution in [0.1, 0.15) is 38.5 Å². The van der Waals surface area contributed by atoms with E-state index in [0.717, 1.165) is 25.7 Å². The summed E-state index contributed by atoms with van der Waals surface area (Å²) in [6.07, 6.45) is 5.33. The van der Waals surface area contributed by atoms with Crippen molar-refractivity contribution in [2.45, 2.75) is 44.6 Å².